The third-order valence-corrected chi connectivity index (χ3v) is 5.96. The molecule has 1 atom stereocenters. The van der Waals surface area contributed by atoms with Gasteiger partial charge in [-0.05, 0) is 47.6 Å². The lowest BCUT2D eigenvalue weighted by Gasteiger charge is -2.40. The van der Waals surface area contributed by atoms with Gasteiger partial charge >= 0.3 is 0 Å². The molecule has 0 saturated heterocycles. The molecule has 2 aliphatic rings. The molecule has 3 rings (SSSR count). The summed E-state index contributed by atoms with van der Waals surface area (Å²) in [5.41, 5.74) is 3.97. The Labute approximate surface area is 130 Å². The van der Waals surface area contributed by atoms with Crippen molar-refractivity contribution in [2.45, 2.75) is 77.2 Å². The molecule has 1 aromatic carbocycles. The first-order valence-corrected chi connectivity index (χ1v) is 8.83. The van der Waals surface area contributed by atoms with Gasteiger partial charge in [0.05, 0.1) is 0 Å². The van der Waals surface area contributed by atoms with Gasteiger partial charge in [-0.1, -0.05) is 64.3 Å². The molecule has 1 heteroatoms. The van der Waals surface area contributed by atoms with E-state index in [1.807, 2.05) is 0 Å². The second-order valence-corrected chi connectivity index (χ2v) is 8.31. The first kappa shape index (κ1) is 15.1. The number of rotatable bonds is 3. The van der Waals surface area contributed by atoms with Crippen molar-refractivity contribution in [2.24, 2.45) is 5.41 Å². The SMILES string of the molecule is CC1(CNC2CCC(C)(C)c3ccccc32)CCCCC1. The maximum absolute atomic E-state index is 3.93. The Balaban J connectivity index is 1.72. The van der Waals surface area contributed by atoms with Crippen molar-refractivity contribution in [3.05, 3.63) is 35.4 Å². The van der Waals surface area contributed by atoms with Crippen LogP contribution in [-0.2, 0) is 5.41 Å². The molecule has 1 unspecified atom stereocenters. The van der Waals surface area contributed by atoms with E-state index in [0.29, 0.717) is 16.9 Å². The molecule has 116 valence electrons. The first-order valence-electron chi connectivity index (χ1n) is 8.83. The van der Waals surface area contributed by atoms with E-state index in [9.17, 15) is 0 Å². The van der Waals surface area contributed by atoms with Crippen molar-refractivity contribution in [1.82, 2.24) is 5.32 Å². The van der Waals surface area contributed by atoms with E-state index < -0.39 is 0 Å². The highest BCUT2D eigenvalue weighted by molar-refractivity contribution is 5.38. The van der Waals surface area contributed by atoms with Crippen LogP contribution in [-0.4, -0.2) is 6.54 Å². The predicted molar refractivity (Wildman–Crippen MR) is 90.6 cm³/mol. The Kier molecular flexibility index (Phi) is 4.14. The van der Waals surface area contributed by atoms with Crippen LogP contribution in [0.25, 0.3) is 0 Å². The summed E-state index contributed by atoms with van der Waals surface area (Å²) in [6, 6.07) is 9.65. The van der Waals surface area contributed by atoms with E-state index in [1.54, 1.807) is 11.1 Å². The smallest absolute Gasteiger partial charge is 0.0323 e. The van der Waals surface area contributed by atoms with Crippen molar-refractivity contribution in [3.63, 3.8) is 0 Å². The summed E-state index contributed by atoms with van der Waals surface area (Å²) in [5, 5.41) is 3.93. The highest BCUT2D eigenvalue weighted by Crippen LogP contribution is 2.42. The minimum atomic E-state index is 0.337. The Morgan fingerprint density at radius 3 is 2.48 bits per heavy atom. The van der Waals surface area contributed by atoms with Crippen LogP contribution >= 0.6 is 0 Å². The monoisotopic (exact) mass is 285 g/mol. The lowest BCUT2D eigenvalue weighted by Crippen LogP contribution is -2.39. The molecule has 0 amide bonds. The summed E-state index contributed by atoms with van der Waals surface area (Å²) in [6.07, 6.45) is 9.66. The van der Waals surface area contributed by atoms with Crippen LogP contribution in [0.4, 0.5) is 0 Å². The standard InChI is InChI=1S/C20H31N/c1-19(2)14-11-18(16-9-5-6-10-17(16)19)21-15-20(3)12-7-4-8-13-20/h5-6,9-10,18,21H,4,7-8,11-15H2,1-3H3. The van der Waals surface area contributed by atoms with Crippen molar-refractivity contribution in [3.8, 4) is 0 Å². The third-order valence-electron chi connectivity index (χ3n) is 5.96. The largest absolute Gasteiger partial charge is 0.309 e. The molecule has 0 bridgehead atoms. The van der Waals surface area contributed by atoms with E-state index in [4.69, 9.17) is 0 Å². The molecule has 0 aromatic heterocycles. The summed E-state index contributed by atoms with van der Waals surface area (Å²) in [7, 11) is 0. The fourth-order valence-corrected chi connectivity index (χ4v) is 4.38. The molecular formula is C20H31N. The summed E-state index contributed by atoms with van der Waals surface area (Å²) in [5.74, 6) is 0. The highest BCUT2D eigenvalue weighted by atomic mass is 14.9. The zero-order valence-corrected chi connectivity index (χ0v) is 14.0. The third kappa shape index (κ3) is 3.18. The zero-order valence-electron chi connectivity index (χ0n) is 14.0. The van der Waals surface area contributed by atoms with Gasteiger partial charge in [-0.25, -0.2) is 0 Å². The summed E-state index contributed by atoms with van der Waals surface area (Å²) >= 11 is 0. The summed E-state index contributed by atoms with van der Waals surface area (Å²) < 4.78 is 0. The molecular weight excluding hydrogens is 254 g/mol. The number of fused-ring (bicyclic) bond motifs is 1. The van der Waals surface area contributed by atoms with Gasteiger partial charge in [-0.3, -0.25) is 0 Å². The molecule has 0 heterocycles. The number of benzene rings is 1. The lowest BCUT2D eigenvalue weighted by atomic mass is 9.70. The summed E-state index contributed by atoms with van der Waals surface area (Å²) in [4.78, 5) is 0. The first-order chi connectivity index (χ1) is 10.0. The Morgan fingerprint density at radius 1 is 1.00 bits per heavy atom. The minimum Gasteiger partial charge on any atom is -0.309 e. The molecule has 1 aromatic rings. The number of nitrogens with one attached hydrogen (secondary N) is 1. The van der Waals surface area contributed by atoms with Crippen molar-refractivity contribution in [2.75, 3.05) is 6.54 Å². The predicted octanol–water partition coefficient (Wildman–Crippen LogP) is 5.36. The van der Waals surface area contributed by atoms with Crippen LogP contribution in [0.15, 0.2) is 24.3 Å². The number of hydrogen-bond donors (Lipinski definition) is 1. The van der Waals surface area contributed by atoms with E-state index in [2.05, 4.69) is 50.4 Å². The second-order valence-electron chi connectivity index (χ2n) is 8.31. The maximum Gasteiger partial charge on any atom is 0.0323 e. The molecule has 1 saturated carbocycles. The second kappa shape index (κ2) is 5.76. The van der Waals surface area contributed by atoms with E-state index in [0.717, 1.165) is 0 Å². The Hall–Kier alpha value is -0.820. The molecule has 1 nitrogen and oxygen atoms in total. The lowest BCUT2D eigenvalue weighted by molar-refractivity contribution is 0.194. The van der Waals surface area contributed by atoms with Crippen LogP contribution in [0.1, 0.15) is 82.9 Å². The van der Waals surface area contributed by atoms with Crippen molar-refractivity contribution >= 4 is 0 Å². The Morgan fingerprint density at radius 2 is 1.71 bits per heavy atom. The van der Waals surface area contributed by atoms with Crippen LogP contribution in [0.2, 0.25) is 0 Å². The van der Waals surface area contributed by atoms with Gasteiger partial charge in [0.1, 0.15) is 0 Å². The van der Waals surface area contributed by atoms with Crippen LogP contribution in [0.5, 0.6) is 0 Å². The van der Waals surface area contributed by atoms with Crippen LogP contribution < -0.4 is 5.32 Å². The average Bonchev–Trinajstić information content (AvgIpc) is 2.47. The normalized spacial score (nSPS) is 27.1. The fourth-order valence-electron chi connectivity index (χ4n) is 4.38. The minimum absolute atomic E-state index is 0.337. The van der Waals surface area contributed by atoms with E-state index in [1.165, 1.54) is 51.5 Å². The van der Waals surface area contributed by atoms with E-state index >= 15 is 0 Å². The molecule has 1 fully saturated rings. The molecule has 21 heavy (non-hydrogen) atoms. The molecule has 0 spiro atoms. The van der Waals surface area contributed by atoms with Gasteiger partial charge in [0.25, 0.3) is 0 Å². The van der Waals surface area contributed by atoms with Crippen molar-refractivity contribution < 1.29 is 0 Å². The highest BCUT2D eigenvalue weighted by Gasteiger charge is 2.33. The van der Waals surface area contributed by atoms with Gasteiger partial charge in [0, 0.05) is 12.6 Å². The van der Waals surface area contributed by atoms with Crippen LogP contribution in [0.3, 0.4) is 0 Å². The molecule has 0 aliphatic heterocycles. The average molecular weight is 285 g/mol. The van der Waals surface area contributed by atoms with Gasteiger partial charge in [0.2, 0.25) is 0 Å². The maximum atomic E-state index is 3.93. The van der Waals surface area contributed by atoms with Gasteiger partial charge < -0.3 is 5.32 Å². The van der Waals surface area contributed by atoms with Gasteiger partial charge in [0.15, 0.2) is 0 Å². The molecule has 2 aliphatic carbocycles. The fraction of sp³-hybridized carbons (Fsp3) is 0.700. The topological polar surface area (TPSA) is 12.0 Å². The van der Waals surface area contributed by atoms with E-state index in [-0.39, 0.29) is 0 Å². The van der Waals surface area contributed by atoms with Crippen molar-refractivity contribution in [1.29, 1.82) is 0 Å². The van der Waals surface area contributed by atoms with Crippen LogP contribution in [0, 0.1) is 5.41 Å². The zero-order chi connectivity index (χ0) is 14.9. The Bertz CT molecular complexity index is 482. The molecule has 1 N–H and O–H groups in total. The number of hydrogen-bond acceptors (Lipinski definition) is 1. The van der Waals surface area contributed by atoms with Gasteiger partial charge in [-0.15, -0.1) is 0 Å². The quantitative estimate of drug-likeness (QED) is 0.788. The summed E-state index contributed by atoms with van der Waals surface area (Å²) in [6.45, 7) is 8.46. The van der Waals surface area contributed by atoms with Gasteiger partial charge in [-0.2, -0.15) is 0 Å². The molecule has 0 radical (unpaired) electrons.